The number of fused-ring (bicyclic) bond motifs is 1. The molecule has 2 aromatic carbocycles. The number of benzene rings is 2. The molecule has 2 heterocycles. The molecule has 0 bridgehead atoms. The Balaban J connectivity index is 1.68. The van der Waals surface area contributed by atoms with Crippen molar-refractivity contribution in [3.8, 4) is 6.07 Å². The van der Waals surface area contributed by atoms with Crippen molar-refractivity contribution in [2.45, 2.75) is 32.2 Å². The molecule has 1 N–H and O–H groups in total. The summed E-state index contributed by atoms with van der Waals surface area (Å²) in [5, 5.41) is 12.2. The van der Waals surface area contributed by atoms with Crippen LogP contribution in [0.2, 0.25) is 0 Å². The molecule has 8 heteroatoms. The van der Waals surface area contributed by atoms with Gasteiger partial charge >= 0.3 is 0 Å². The van der Waals surface area contributed by atoms with Crippen LogP contribution in [0.15, 0.2) is 54.6 Å². The highest BCUT2D eigenvalue weighted by Gasteiger charge is 2.27. The molecule has 1 aromatic heterocycles. The zero-order valence-electron chi connectivity index (χ0n) is 21.1. The Morgan fingerprint density at radius 2 is 2.03 bits per heavy atom. The summed E-state index contributed by atoms with van der Waals surface area (Å²) >= 11 is 0. The lowest BCUT2D eigenvalue weighted by Gasteiger charge is -2.26. The fraction of sp³-hybridized carbons (Fsp3) is 0.357. The van der Waals surface area contributed by atoms with Crippen LogP contribution in [-0.2, 0) is 4.79 Å². The van der Waals surface area contributed by atoms with E-state index in [4.69, 9.17) is 4.98 Å². The minimum Gasteiger partial charge on any atom is -0.337 e. The number of likely N-dealkylation sites (N-methyl/N-ethyl adjacent to an activating group) is 1. The van der Waals surface area contributed by atoms with E-state index in [0.717, 1.165) is 35.9 Å². The van der Waals surface area contributed by atoms with E-state index in [1.807, 2.05) is 55.1 Å². The molecule has 1 unspecified atom stereocenters. The maximum absolute atomic E-state index is 13.1. The number of amides is 2. The van der Waals surface area contributed by atoms with Crippen LogP contribution in [0, 0.1) is 18.3 Å². The summed E-state index contributed by atoms with van der Waals surface area (Å²) in [6.45, 7) is 3.98. The number of aryl methyl sites for hydroxylation is 1. The number of nitrogens with one attached hydrogen (secondary N) is 1. The Hall–Kier alpha value is -3.96. The molecule has 0 aliphatic carbocycles. The first-order valence-corrected chi connectivity index (χ1v) is 12.3. The van der Waals surface area contributed by atoms with Gasteiger partial charge in [-0.3, -0.25) is 14.9 Å². The predicted molar refractivity (Wildman–Crippen MR) is 141 cm³/mol. The van der Waals surface area contributed by atoms with Gasteiger partial charge in [-0.1, -0.05) is 24.3 Å². The second-order valence-electron chi connectivity index (χ2n) is 9.49. The number of nitrogens with zero attached hydrogens (tertiary/aromatic N) is 5. The van der Waals surface area contributed by atoms with Crippen LogP contribution in [0.1, 0.15) is 46.8 Å². The minimum atomic E-state index is -0.325. The van der Waals surface area contributed by atoms with Gasteiger partial charge in [0.15, 0.2) is 0 Å². The van der Waals surface area contributed by atoms with Gasteiger partial charge in [0, 0.05) is 31.3 Å². The average molecular weight is 485 g/mol. The number of hydrogen-bond donors (Lipinski definition) is 1. The molecule has 2 amide bonds. The second kappa shape index (κ2) is 11.2. The van der Waals surface area contributed by atoms with Crippen molar-refractivity contribution in [2.75, 3.05) is 39.0 Å². The second-order valence-corrected chi connectivity index (χ2v) is 9.49. The van der Waals surface area contributed by atoms with Crippen LogP contribution in [0.4, 0.5) is 5.95 Å². The molecule has 8 nitrogen and oxygen atoms in total. The summed E-state index contributed by atoms with van der Waals surface area (Å²) in [5.74, 6) is 0.132. The van der Waals surface area contributed by atoms with Gasteiger partial charge < -0.3 is 14.4 Å². The lowest BCUT2D eigenvalue weighted by molar-refractivity contribution is -0.126. The molecular weight excluding hydrogens is 452 g/mol. The minimum absolute atomic E-state index is 0.00352. The Morgan fingerprint density at radius 3 is 2.81 bits per heavy atom. The molecule has 0 spiro atoms. The summed E-state index contributed by atoms with van der Waals surface area (Å²) in [4.78, 5) is 34.8. The average Bonchev–Trinajstić information content (AvgIpc) is 3.05. The maximum Gasteiger partial charge on any atom is 0.258 e. The quantitative estimate of drug-likeness (QED) is 0.531. The fourth-order valence-electron chi connectivity index (χ4n) is 4.67. The first-order valence-electron chi connectivity index (χ1n) is 12.3. The van der Waals surface area contributed by atoms with Crippen molar-refractivity contribution >= 4 is 28.8 Å². The van der Waals surface area contributed by atoms with Crippen molar-refractivity contribution in [1.82, 2.24) is 19.4 Å². The third-order valence-electron chi connectivity index (χ3n) is 6.45. The lowest BCUT2D eigenvalue weighted by Crippen LogP contribution is -2.35. The summed E-state index contributed by atoms with van der Waals surface area (Å²) in [7, 11) is 3.94. The molecule has 3 aromatic rings. The summed E-state index contributed by atoms with van der Waals surface area (Å²) in [6.07, 6.45) is 6.32. The molecule has 36 heavy (non-hydrogen) atoms. The number of imidazole rings is 1. The Morgan fingerprint density at radius 1 is 1.22 bits per heavy atom. The van der Waals surface area contributed by atoms with E-state index in [2.05, 4.69) is 16.0 Å². The zero-order valence-corrected chi connectivity index (χ0v) is 21.1. The molecule has 1 saturated heterocycles. The highest BCUT2D eigenvalue weighted by Crippen LogP contribution is 2.32. The van der Waals surface area contributed by atoms with Crippen LogP contribution >= 0.6 is 0 Å². The van der Waals surface area contributed by atoms with Crippen molar-refractivity contribution < 1.29 is 9.59 Å². The third kappa shape index (κ3) is 5.64. The van der Waals surface area contributed by atoms with Crippen LogP contribution in [0.25, 0.3) is 11.0 Å². The Labute approximate surface area is 211 Å². The van der Waals surface area contributed by atoms with Crippen molar-refractivity contribution in [2.24, 2.45) is 0 Å². The van der Waals surface area contributed by atoms with E-state index >= 15 is 0 Å². The van der Waals surface area contributed by atoms with Gasteiger partial charge in [0.1, 0.15) is 0 Å². The van der Waals surface area contributed by atoms with Crippen LogP contribution in [-0.4, -0.2) is 64.9 Å². The van der Waals surface area contributed by atoms with Gasteiger partial charge in [0.25, 0.3) is 5.91 Å². The van der Waals surface area contributed by atoms with Crippen LogP contribution < -0.4 is 5.32 Å². The van der Waals surface area contributed by atoms with Gasteiger partial charge in [-0.05, 0) is 70.1 Å². The molecule has 0 radical (unpaired) electrons. The number of hydrogen-bond acceptors (Lipinski definition) is 5. The number of carbonyl (C=O) groups is 2. The number of likely N-dealkylation sites (tertiary alicyclic amines) is 1. The third-order valence-corrected chi connectivity index (χ3v) is 6.45. The smallest absolute Gasteiger partial charge is 0.258 e. The predicted octanol–water partition coefficient (Wildman–Crippen LogP) is 4.14. The van der Waals surface area contributed by atoms with Gasteiger partial charge in [-0.2, -0.15) is 5.26 Å². The van der Waals surface area contributed by atoms with Crippen LogP contribution in [0.5, 0.6) is 0 Å². The Bertz CT molecular complexity index is 1330. The zero-order chi connectivity index (χ0) is 25.7. The van der Waals surface area contributed by atoms with Gasteiger partial charge in [0.2, 0.25) is 11.9 Å². The van der Waals surface area contributed by atoms with Crippen molar-refractivity contribution in [1.29, 1.82) is 5.26 Å². The first-order chi connectivity index (χ1) is 17.4. The number of rotatable bonds is 6. The van der Waals surface area contributed by atoms with Gasteiger partial charge in [-0.25, -0.2) is 4.98 Å². The molecule has 186 valence electrons. The number of para-hydroxylation sites is 1. The molecule has 0 saturated carbocycles. The molecule has 4 rings (SSSR count). The molecular formula is C28H32N6O2. The monoisotopic (exact) mass is 484 g/mol. The molecule has 1 fully saturated rings. The summed E-state index contributed by atoms with van der Waals surface area (Å²) in [5.41, 5.74) is 3.63. The highest BCUT2D eigenvalue weighted by molar-refractivity contribution is 6.04. The van der Waals surface area contributed by atoms with Gasteiger partial charge in [0.05, 0.1) is 28.7 Å². The Kier molecular flexibility index (Phi) is 7.81. The van der Waals surface area contributed by atoms with E-state index in [0.29, 0.717) is 36.7 Å². The highest BCUT2D eigenvalue weighted by atomic mass is 16.2. The van der Waals surface area contributed by atoms with Crippen LogP contribution in [0.3, 0.4) is 0 Å². The fourth-order valence-corrected chi connectivity index (χ4v) is 4.67. The SMILES string of the molecule is Cc1cccc2nc(NC(=O)c3cccc(C#N)c3)n(C3CCCCN(C(=O)/C=C/CN(C)C)C3)c12. The molecule has 1 atom stereocenters. The molecule has 1 aliphatic rings. The van der Waals surface area contributed by atoms with Crippen molar-refractivity contribution in [3.63, 3.8) is 0 Å². The van der Waals surface area contributed by atoms with E-state index in [-0.39, 0.29) is 17.9 Å². The maximum atomic E-state index is 13.1. The lowest BCUT2D eigenvalue weighted by atomic mass is 10.1. The number of anilines is 1. The van der Waals surface area contributed by atoms with E-state index in [1.54, 1.807) is 30.3 Å². The van der Waals surface area contributed by atoms with E-state index < -0.39 is 0 Å². The summed E-state index contributed by atoms with van der Waals surface area (Å²) in [6, 6.07) is 14.6. The summed E-state index contributed by atoms with van der Waals surface area (Å²) < 4.78 is 2.09. The normalized spacial score (nSPS) is 16.3. The standard InChI is InChI=1S/C28H32N6O2/c1-20-9-6-13-24-26(20)34(28(30-24)31-27(36)22-11-7-10-21(17-22)18-29)23-12-4-5-16-33(19-23)25(35)14-8-15-32(2)3/h6-11,13-14,17,23H,4-5,12,15-16,19H2,1-3H3,(H,30,31,36)/b14-8+. The van der Waals surface area contributed by atoms with Gasteiger partial charge in [-0.15, -0.1) is 0 Å². The first kappa shape index (κ1) is 25.1. The largest absolute Gasteiger partial charge is 0.337 e. The number of aromatic nitrogens is 2. The van der Waals surface area contributed by atoms with E-state index in [1.165, 1.54) is 0 Å². The number of nitriles is 1. The van der Waals surface area contributed by atoms with Crippen molar-refractivity contribution in [3.05, 3.63) is 71.3 Å². The van der Waals surface area contributed by atoms with E-state index in [9.17, 15) is 14.9 Å². The molecule has 1 aliphatic heterocycles. The number of carbonyl (C=O) groups excluding carboxylic acids is 2. The topological polar surface area (TPSA) is 94.3 Å².